The third kappa shape index (κ3) is 4.48. The second-order valence-corrected chi connectivity index (χ2v) is 4.89. The predicted molar refractivity (Wildman–Crippen MR) is 76.6 cm³/mol. The summed E-state index contributed by atoms with van der Waals surface area (Å²) in [6.45, 7) is 5.90. The molecule has 1 aliphatic rings. The molecule has 1 aromatic rings. The zero-order valence-electron chi connectivity index (χ0n) is 10.7. The lowest BCUT2D eigenvalue weighted by Crippen LogP contribution is -2.38. The molecule has 4 heteroatoms. The lowest BCUT2D eigenvalue weighted by atomic mass is 10.1. The first-order chi connectivity index (χ1) is 8.88. The molecular weight excluding hydrogens is 248 g/mol. The first kappa shape index (κ1) is 13.7. The van der Waals surface area contributed by atoms with Gasteiger partial charge in [-0.3, -0.25) is 4.90 Å². The molecule has 0 aromatic heterocycles. The number of benzene rings is 1. The number of morpholine rings is 1. The molecule has 1 fully saturated rings. The van der Waals surface area contributed by atoms with E-state index in [1.54, 1.807) is 0 Å². The zero-order valence-corrected chi connectivity index (χ0v) is 11.5. The maximum absolute atomic E-state index is 5.71. The molecule has 0 saturated carbocycles. The number of nitrogens with zero attached hydrogens (tertiary/aromatic N) is 1. The minimum atomic E-state index is 0.684. The van der Waals surface area contributed by atoms with E-state index >= 15 is 0 Å². The van der Waals surface area contributed by atoms with E-state index in [1.807, 2.05) is 0 Å². The average Bonchev–Trinajstić information content (AvgIpc) is 2.42. The van der Waals surface area contributed by atoms with Gasteiger partial charge in [0.05, 0.1) is 13.2 Å². The van der Waals surface area contributed by atoms with Crippen molar-refractivity contribution in [2.75, 3.05) is 50.6 Å². The van der Waals surface area contributed by atoms with E-state index in [2.05, 4.69) is 34.5 Å². The molecule has 2 rings (SSSR count). The summed E-state index contributed by atoms with van der Waals surface area (Å²) in [4.78, 5) is 2.43. The summed E-state index contributed by atoms with van der Waals surface area (Å²) in [5.41, 5.74) is 2.48. The largest absolute Gasteiger partial charge is 0.384 e. The summed E-state index contributed by atoms with van der Waals surface area (Å²) in [5, 5.41) is 3.45. The third-order valence-electron chi connectivity index (χ3n) is 3.20. The number of hydrogen-bond acceptors (Lipinski definition) is 3. The second kappa shape index (κ2) is 7.62. The highest BCUT2D eigenvalue weighted by Crippen LogP contribution is 2.10. The molecular formula is C14H21ClN2O. The number of anilines is 1. The van der Waals surface area contributed by atoms with Gasteiger partial charge in [-0.25, -0.2) is 0 Å². The van der Waals surface area contributed by atoms with Crippen molar-refractivity contribution >= 4 is 17.3 Å². The summed E-state index contributed by atoms with van der Waals surface area (Å²) < 4.78 is 5.33. The van der Waals surface area contributed by atoms with Crippen molar-refractivity contribution in [3.63, 3.8) is 0 Å². The number of halogens is 1. The van der Waals surface area contributed by atoms with E-state index in [0.29, 0.717) is 5.88 Å². The molecule has 0 atom stereocenters. The molecule has 0 bridgehead atoms. The van der Waals surface area contributed by atoms with Crippen molar-refractivity contribution < 1.29 is 4.74 Å². The van der Waals surface area contributed by atoms with Gasteiger partial charge in [0.1, 0.15) is 0 Å². The van der Waals surface area contributed by atoms with Crippen molar-refractivity contribution in [1.82, 2.24) is 4.90 Å². The highest BCUT2D eigenvalue weighted by Gasteiger charge is 2.08. The van der Waals surface area contributed by atoms with Crippen LogP contribution in [0, 0.1) is 0 Å². The van der Waals surface area contributed by atoms with Crippen LogP contribution in [0.2, 0.25) is 0 Å². The van der Waals surface area contributed by atoms with E-state index in [0.717, 1.165) is 45.8 Å². The van der Waals surface area contributed by atoms with Crippen molar-refractivity contribution in [3.8, 4) is 0 Å². The minimum Gasteiger partial charge on any atom is -0.384 e. The molecule has 0 aliphatic carbocycles. The van der Waals surface area contributed by atoms with Gasteiger partial charge in [0.15, 0.2) is 0 Å². The predicted octanol–water partition coefficient (Wildman–Crippen LogP) is 2.21. The van der Waals surface area contributed by atoms with Crippen molar-refractivity contribution in [1.29, 1.82) is 0 Å². The number of ether oxygens (including phenoxy) is 1. The molecule has 0 unspecified atom stereocenters. The standard InChI is InChI=1S/C14H21ClN2O/c15-6-5-13-1-3-14(4-2-13)16-7-8-17-9-11-18-12-10-17/h1-4,16H,5-12H2. The zero-order chi connectivity index (χ0) is 12.6. The Morgan fingerprint density at radius 2 is 1.89 bits per heavy atom. The fourth-order valence-corrected chi connectivity index (χ4v) is 2.30. The number of aryl methyl sites for hydroxylation is 1. The first-order valence-electron chi connectivity index (χ1n) is 6.57. The van der Waals surface area contributed by atoms with Crippen LogP contribution in [0.15, 0.2) is 24.3 Å². The second-order valence-electron chi connectivity index (χ2n) is 4.52. The van der Waals surface area contributed by atoms with Crippen molar-refractivity contribution in [3.05, 3.63) is 29.8 Å². The van der Waals surface area contributed by atoms with Crippen LogP contribution < -0.4 is 5.32 Å². The molecule has 1 aliphatic heterocycles. The Morgan fingerprint density at radius 1 is 1.17 bits per heavy atom. The van der Waals surface area contributed by atoms with Crippen LogP contribution in [0.25, 0.3) is 0 Å². The lowest BCUT2D eigenvalue weighted by Gasteiger charge is -2.26. The molecule has 1 saturated heterocycles. The highest BCUT2D eigenvalue weighted by atomic mass is 35.5. The fraction of sp³-hybridized carbons (Fsp3) is 0.571. The van der Waals surface area contributed by atoms with Gasteiger partial charge < -0.3 is 10.1 Å². The van der Waals surface area contributed by atoms with Gasteiger partial charge in [-0.15, -0.1) is 11.6 Å². The minimum absolute atomic E-state index is 0.684. The van der Waals surface area contributed by atoms with Gasteiger partial charge in [0.25, 0.3) is 0 Å². The van der Waals surface area contributed by atoms with Crippen LogP contribution in [-0.2, 0) is 11.2 Å². The average molecular weight is 269 g/mol. The fourth-order valence-electron chi connectivity index (χ4n) is 2.08. The van der Waals surface area contributed by atoms with Crippen LogP contribution in [-0.4, -0.2) is 50.2 Å². The molecule has 100 valence electrons. The van der Waals surface area contributed by atoms with Crippen molar-refractivity contribution in [2.24, 2.45) is 0 Å². The smallest absolute Gasteiger partial charge is 0.0594 e. The maximum atomic E-state index is 5.71. The van der Waals surface area contributed by atoms with Crippen LogP contribution in [0.5, 0.6) is 0 Å². The van der Waals surface area contributed by atoms with Gasteiger partial charge in [0.2, 0.25) is 0 Å². The van der Waals surface area contributed by atoms with Crippen LogP contribution in [0.4, 0.5) is 5.69 Å². The van der Waals surface area contributed by atoms with E-state index in [4.69, 9.17) is 16.3 Å². The van der Waals surface area contributed by atoms with Gasteiger partial charge >= 0.3 is 0 Å². The summed E-state index contributed by atoms with van der Waals surface area (Å²) in [6.07, 6.45) is 0.940. The number of alkyl halides is 1. The van der Waals surface area contributed by atoms with E-state index in [-0.39, 0.29) is 0 Å². The van der Waals surface area contributed by atoms with Crippen LogP contribution in [0.3, 0.4) is 0 Å². The highest BCUT2D eigenvalue weighted by molar-refractivity contribution is 6.17. The molecule has 0 amide bonds. The number of nitrogens with one attached hydrogen (secondary N) is 1. The molecule has 1 N–H and O–H groups in total. The van der Waals surface area contributed by atoms with Gasteiger partial charge in [-0.2, -0.15) is 0 Å². The topological polar surface area (TPSA) is 24.5 Å². The number of hydrogen-bond donors (Lipinski definition) is 1. The third-order valence-corrected chi connectivity index (χ3v) is 3.39. The molecule has 0 spiro atoms. The van der Waals surface area contributed by atoms with Gasteiger partial charge in [0, 0.05) is 37.7 Å². The van der Waals surface area contributed by atoms with Gasteiger partial charge in [-0.05, 0) is 24.1 Å². The Balaban J connectivity index is 1.69. The van der Waals surface area contributed by atoms with Crippen LogP contribution >= 0.6 is 11.6 Å². The number of rotatable bonds is 6. The summed E-state index contributed by atoms with van der Waals surface area (Å²) in [7, 11) is 0. The Bertz CT molecular complexity index is 336. The SMILES string of the molecule is ClCCc1ccc(NCCN2CCOCC2)cc1. The Labute approximate surface area is 114 Å². The molecule has 1 aromatic carbocycles. The monoisotopic (exact) mass is 268 g/mol. The summed E-state index contributed by atoms with van der Waals surface area (Å²) >= 11 is 5.71. The lowest BCUT2D eigenvalue weighted by molar-refractivity contribution is 0.0398. The molecule has 3 nitrogen and oxygen atoms in total. The Hall–Kier alpha value is -0.770. The summed E-state index contributed by atoms with van der Waals surface area (Å²) in [6, 6.07) is 8.53. The Morgan fingerprint density at radius 3 is 2.56 bits per heavy atom. The molecule has 18 heavy (non-hydrogen) atoms. The van der Waals surface area contributed by atoms with Crippen LogP contribution in [0.1, 0.15) is 5.56 Å². The summed E-state index contributed by atoms with van der Waals surface area (Å²) in [5.74, 6) is 0.684. The molecule has 0 radical (unpaired) electrons. The van der Waals surface area contributed by atoms with E-state index in [9.17, 15) is 0 Å². The first-order valence-corrected chi connectivity index (χ1v) is 7.11. The Kier molecular flexibility index (Phi) is 5.78. The maximum Gasteiger partial charge on any atom is 0.0594 e. The normalized spacial score (nSPS) is 16.7. The molecule has 1 heterocycles. The quantitative estimate of drug-likeness (QED) is 0.801. The van der Waals surface area contributed by atoms with Crippen molar-refractivity contribution in [2.45, 2.75) is 6.42 Å². The van der Waals surface area contributed by atoms with E-state index < -0.39 is 0 Å². The van der Waals surface area contributed by atoms with Gasteiger partial charge in [-0.1, -0.05) is 12.1 Å². The van der Waals surface area contributed by atoms with E-state index in [1.165, 1.54) is 11.3 Å².